The van der Waals surface area contributed by atoms with Gasteiger partial charge in [0.2, 0.25) is 0 Å². The summed E-state index contributed by atoms with van der Waals surface area (Å²) < 4.78 is 0. The Labute approximate surface area is 109 Å². The first-order valence-corrected chi connectivity index (χ1v) is 7.13. The van der Waals surface area contributed by atoms with E-state index in [2.05, 4.69) is 34.0 Å². The molecule has 0 saturated carbocycles. The minimum atomic E-state index is 0.607. The fraction of sp³-hybridized carbons (Fsp3) is 0.714. The Morgan fingerprint density at radius 3 is 3.11 bits per heavy atom. The Morgan fingerprint density at radius 2 is 2.28 bits per heavy atom. The summed E-state index contributed by atoms with van der Waals surface area (Å²) in [5.41, 5.74) is 2.57. The number of hydrogen-bond donors (Lipinski definition) is 1. The zero-order valence-corrected chi connectivity index (χ0v) is 11.3. The molecule has 18 heavy (non-hydrogen) atoms. The molecule has 1 saturated heterocycles. The Bertz CT molecular complexity index is 432. The first-order valence-electron chi connectivity index (χ1n) is 7.13. The molecule has 0 aromatic carbocycles. The van der Waals surface area contributed by atoms with Crippen LogP contribution in [0.15, 0.2) is 6.33 Å². The monoisotopic (exact) mass is 246 g/mol. The minimum Gasteiger partial charge on any atom is -0.351 e. The molecule has 0 radical (unpaired) electrons. The maximum atomic E-state index is 4.60. The van der Waals surface area contributed by atoms with Crippen molar-refractivity contribution < 1.29 is 0 Å². The van der Waals surface area contributed by atoms with Gasteiger partial charge in [-0.25, -0.2) is 9.97 Å². The van der Waals surface area contributed by atoms with Crippen LogP contribution in [-0.2, 0) is 13.0 Å². The molecular formula is C14H22N4. The largest absolute Gasteiger partial charge is 0.351 e. The molecule has 0 bridgehead atoms. The summed E-state index contributed by atoms with van der Waals surface area (Å²) in [6.45, 7) is 6.56. The molecule has 4 nitrogen and oxygen atoms in total. The highest BCUT2D eigenvalue weighted by molar-refractivity contribution is 5.52. The molecule has 1 aromatic heterocycles. The number of rotatable bonds is 2. The van der Waals surface area contributed by atoms with E-state index >= 15 is 0 Å². The van der Waals surface area contributed by atoms with E-state index in [1.807, 2.05) is 0 Å². The third kappa shape index (κ3) is 1.88. The van der Waals surface area contributed by atoms with Crippen LogP contribution in [-0.4, -0.2) is 28.6 Å². The molecule has 2 aliphatic heterocycles. The van der Waals surface area contributed by atoms with Crippen molar-refractivity contribution in [2.75, 3.05) is 11.4 Å². The molecule has 3 heterocycles. The molecular weight excluding hydrogens is 224 g/mol. The van der Waals surface area contributed by atoms with Crippen LogP contribution in [0.3, 0.4) is 0 Å². The summed E-state index contributed by atoms with van der Waals surface area (Å²) in [6, 6.07) is 1.26. The van der Waals surface area contributed by atoms with Crippen LogP contribution in [0, 0.1) is 0 Å². The Kier molecular flexibility index (Phi) is 3.20. The van der Waals surface area contributed by atoms with Crippen LogP contribution < -0.4 is 10.2 Å². The lowest BCUT2D eigenvalue weighted by atomic mass is 10.1. The van der Waals surface area contributed by atoms with Crippen molar-refractivity contribution in [3.05, 3.63) is 17.6 Å². The van der Waals surface area contributed by atoms with Gasteiger partial charge in [0.05, 0.1) is 5.69 Å². The second-order valence-electron chi connectivity index (χ2n) is 5.45. The third-order valence-electron chi connectivity index (χ3n) is 4.35. The van der Waals surface area contributed by atoms with E-state index in [9.17, 15) is 0 Å². The summed E-state index contributed by atoms with van der Waals surface area (Å²) >= 11 is 0. The number of fused-ring (bicyclic) bond motifs is 1. The predicted molar refractivity (Wildman–Crippen MR) is 72.7 cm³/mol. The maximum absolute atomic E-state index is 4.60. The van der Waals surface area contributed by atoms with Crippen LogP contribution in [0.25, 0.3) is 0 Å². The van der Waals surface area contributed by atoms with E-state index in [0.717, 1.165) is 19.5 Å². The van der Waals surface area contributed by atoms with Crippen LogP contribution in [0.2, 0.25) is 0 Å². The minimum absolute atomic E-state index is 0.607. The molecule has 1 aromatic rings. The van der Waals surface area contributed by atoms with Crippen molar-refractivity contribution in [3.63, 3.8) is 0 Å². The molecule has 0 spiro atoms. The standard InChI is InChI=1S/C14H22N4/c1-3-11-5-4-10(2)18(11)14-12-8-15-7-6-13(12)16-9-17-14/h9-11,15H,3-8H2,1-2H3. The molecule has 1 N–H and O–H groups in total. The topological polar surface area (TPSA) is 41.1 Å². The molecule has 4 heteroatoms. The summed E-state index contributed by atoms with van der Waals surface area (Å²) in [6.07, 6.45) is 6.56. The molecule has 0 aliphatic carbocycles. The smallest absolute Gasteiger partial charge is 0.137 e. The molecule has 2 atom stereocenters. The predicted octanol–water partition coefficient (Wildman–Crippen LogP) is 1.89. The molecule has 1 fully saturated rings. The second-order valence-corrected chi connectivity index (χ2v) is 5.45. The van der Waals surface area contributed by atoms with Crippen LogP contribution in [0.4, 0.5) is 5.82 Å². The van der Waals surface area contributed by atoms with Gasteiger partial charge in [-0.05, 0) is 26.2 Å². The third-order valence-corrected chi connectivity index (χ3v) is 4.35. The van der Waals surface area contributed by atoms with Crippen molar-refractivity contribution in [1.82, 2.24) is 15.3 Å². The van der Waals surface area contributed by atoms with Crippen molar-refractivity contribution in [3.8, 4) is 0 Å². The van der Waals surface area contributed by atoms with Gasteiger partial charge in [0.1, 0.15) is 12.1 Å². The SMILES string of the molecule is CCC1CCC(C)N1c1ncnc2c1CNCC2. The normalized spacial score (nSPS) is 27.3. The number of hydrogen-bond acceptors (Lipinski definition) is 4. The maximum Gasteiger partial charge on any atom is 0.137 e. The van der Waals surface area contributed by atoms with Gasteiger partial charge in [-0.3, -0.25) is 0 Å². The summed E-state index contributed by atoms with van der Waals surface area (Å²) in [5, 5.41) is 3.45. The quantitative estimate of drug-likeness (QED) is 0.865. The van der Waals surface area contributed by atoms with Gasteiger partial charge in [-0.1, -0.05) is 6.92 Å². The zero-order chi connectivity index (χ0) is 12.5. The highest BCUT2D eigenvalue weighted by atomic mass is 15.3. The summed E-state index contributed by atoms with van der Waals surface area (Å²) in [5.74, 6) is 1.18. The van der Waals surface area contributed by atoms with Gasteiger partial charge in [0.25, 0.3) is 0 Å². The fourth-order valence-electron chi connectivity index (χ4n) is 3.33. The van der Waals surface area contributed by atoms with Crippen LogP contribution in [0.5, 0.6) is 0 Å². The molecule has 0 amide bonds. The molecule has 98 valence electrons. The lowest BCUT2D eigenvalue weighted by Gasteiger charge is -2.32. The van der Waals surface area contributed by atoms with Crippen LogP contribution in [0.1, 0.15) is 44.4 Å². The Morgan fingerprint density at radius 1 is 1.39 bits per heavy atom. The van der Waals surface area contributed by atoms with Crippen molar-refractivity contribution in [2.24, 2.45) is 0 Å². The van der Waals surface area contributed by atoms with Crippen molar-refractivity contribution in [2.45, 2.75) is 58.2 Å². The van der Waals surface area contributed by atoms with Crippen molar-refractivity contribution in [1.29, 1.82) is 0 Å². The average molecular weight is 246 g/mol. The van der Waals surface area contributed by atoms with Gasteiger partial charge in [0, 0.05) is 37.2 Å². The number of aromatic nitrogens is 2. The van der Waals surface area contributed by atoms with Gasteiger partial charge in [-0.15, -0.1) is 0 Å². The Hall–Kier alpha value is -1.16. The van der Waals surface area contributed by atoms with Gasteiger partial charge < -0.3 is 10.2 Å². The molecule has 3 rings (SSSR count). The lowest BCUT2D eigenvalue weighted by Crippen LogP contribution is -2.37. The molecule has 2 unspecified atom stereocenters. The van der Waals surface area contributed by atoms with E-state index in [-0.39, 0.29) is 0 Å². The van der Waals surface area contributed by atoms with E-state index in [1.165, 1.54) is 36.3 Å². The number of nitrogens with one attached hydrogen (secondary N) is 1. The highest BCUT2D eigenvalue weighted by Crippen LogP contribution is 2.33. The lowest BCUT2D eigenvalue weighted by molar-refractivity contribution is 0.590. The van der Waals surface area contributed by atoms with E-state index in [4.69, 9.17) is 0 Å². The summed E-state index contributed by atoms with van der Waals surface area (Å²) in [7, 11) is 0. The second kappa shape index (κ2) is 4.84. The summed E-state index contributed by atoms with van der Waals surface area (Å²) in [4.78, 5) is 11.6. The van der Waals surface area contributed by atoms with Gasteiger partial charge in [-0.2, -0.15) is 0 Å². The van der Waals surface area contributed by atoms with Gasteiger partial charge >= 0.3 is 0 Å². The average Bonchev–Trinajstić information content (AvgIpc) is 2.79. The Balaban J connectivity index is 2.00. The first-order chi connectivity index (χ1) is 8.81. The number of anilines is 1. The van der Waals surface area contributed by atoms with E-state index in [0.29, 0.717) is 12.1 Å². The highest BCUT2D eigenvalue weighted by Gasteiger charge is 2.32. The fourth-order valence-corrected chi connectivity index (χ4v) is 3.33. The number of nitrogens with zero attached hydrogens (tertiary/aromatic N) is 3. The van der Waals surface area contributed by atoms with E-state index in [1.54, 1.807) is 6.33 Å². The first kappa shape index (κ1) is 11.9. The van der Waals surface area contributed by atoms with Crippen LogP contribution >= 0.6 is 0 Å². The molecule has 2 aliphatic rings. The zero-order valence-electron chi connectivity index (χ0n) is 11.3. The van der Waals surface area contributed by atoms with Crippen molar-refractivity contribution >= 4 is 5.82 Å². The van der Waals surface area contributed by atoms with E-state index < -0.39 is 0 Å². The van der Waals surface area contributed by atoms with Gasteiger partial charge in [0.15, 0.2) is 0 Å².